The van der Waals surface area contributed by atoms with E-state index in [2.05, 4.69) is 15.0 Å². The minimum atomic E-state index is -4.29. The number of nitrogens with zero attached hydrogens (tertiary/aromatic N) is 3. The molecule has 1 unspecified atom stereocenters. The number of hydrogen-bond acceptors (Lipinski definition) is 4. The summed E-state index contributed by atoms with van der Waals surface area (Å²) >= 11 is 0. The molecule has 0 aliphatic carbocycles. The number of aliphatic imine (C=N–C) groups is 1. The fourth-order valence-corrected chi connectivity index (χ4v) is 3.01. The second-order valence-corrected chi connectivity index (χ2v) is 6.31. The van der Waals surface area contributed by atoms with Crippen LogP contribution in [0.3, 0.4) is 0 Å². The molecule has 27 heavy (non-hydrogen) atoms. The van der Waals surface area contributed by atoms with Crippen molar-refractivity contribution in [1.82, 2.24) is 15.1 Å². The Morgan fingerprint density at radius 3 is 2.48 bits per heavy atom. The van der Waals surface area contributed by atoms with Crippen LogP contribution in [-0.4, -0.2) is 93.5 Å². The van der Waals surface area contributed by atoms with Gasteiger partial charge in [0.05, 0.1) is 0 Å². The van der Waals surface area contributed by atoms with Gasteiger partial charge in [-0.05, 0) is 19.3 Å². The minimum absolute atomic E-state index is 0. The van der Waals surface area contributed by atoms with Crippen LogP contribution in [0.5, 0.6) is 0 Å². The molecule has 1 atom stereocenters. The molecule has 1 N–H and O–H groups in total. The lowest BCUT2D eigenvalue weighted by Crippen LogP contribution is -2.55. The molecular weight excluding hydrogens is 480 g/mol. The van der Waals surface area contributed by atoms with Crippen molar-refractivity contribution >= 4 is 35.8 Å². The SMILES string of the molecule is CN=C(NCCCOCC(F)(F)F)N1CCN(C(=O)C2CCCO2)CC1.I. The number of piperazine rings is 1. The van der Waals surface area contributed by atoms with E-state index in [1.54, 1.807) is 7.05 Å². The van der Waals surface area contributed by atoms with E-state index >= 15 is 0 Å². The number of nitrogens with one attached hydrogen (secondary N) is 1. The predicted octanol–water partition coefficient (Wildman–Crippen LogP) is 1.47. The van der Waals surface area contributed by atoms with Crippen LogP contribution in [0, 0.1) is 0 Å². The Morgan fingerprint density at radius 2 is 1.93 bits per heavy atom. The van der Waals surface area contributed by atoms with E-state index in [0.717, 1.165) is 12.8 Å². The van der Waals surface area contributed by atoms with Crippen LogP contribution in [0.4, 0.5) is 13.2 Å². The first-order chi connectivity index (χ1) is 12.4. The van der Waals surface area contributed by atoms with E-state index < -0.39 is 12.8 Å². The van der Waals surface area contributed by atoms with E-state index in [-0.39, 0.29) is 42.6 Å². The van der Waals surface area contributed by atoms with Gasteiger partial charge in [-0.3, -0.25) is 9.79 Å². The number of ether oxygens (including phenoxy) is 2. The number of guanidine groups is 1. The van der Waals surface area contributed by atoms with Crippen molar-refractivity contribution in [3.8, 4) is 0 Å². The molecular formula is C16H28F3IN4O3. The van der Waals surface area contributed by atoms with Gasteiger partial charge in [-0.15, -0.1) is 24.0 Å². The fraction of sp³-hybridized carbons (Fsp3) is 0.875. The second kappa shape index (κ2) is 11.9. The molecule has 0 aromatic carbocycles. The molecule has 7 nitrogen and oxygen atoms in total. The van der Waals surface area contributed by atoms with Crippen LogP contribution in [-0.2, 0) is 14.3 Å². The van der Waals surface area contributed by atoms with Crippen LogP contribution >= 0.6 is 24.0 Å². The number of rotatable bonds is 6. The Kier molecular flexibility index (Phi) is 10.7. The molecule has 2 saturated heterocycles. The maximum atomic E-state index is 12.3. The summed E-state index contributed by atoms with van der Waals surface area (Å²) in [6.45, 7) is 2.46. The minimum Gasteiger partial charge on any atom is -0.372 e. The van der Waals surface area contributed by atoms with Gasteiger partial charge >= 0.3 is 6.18 Å². The molecule has 0 radical (unpaired) electrons. The van der Waals surface area contributed by atoms with Crippen LogP contribution in [0.25, 0.3) is 0 Å². The zero-order valence-corrected chi connectivity index (χ0v) is 17.8. The molecule has 2 rings (SSSR count). The molecule has 0 bridgehead atoms. The number of halogens is 4. The topological polar surface area (TPSA) is 66.4 Å². The summed E-state index contributed by atoms with van der Waals surface area (Å²) in [7, 11) is 1.66. The lowest BCUT2D eigenvalue weighted by molar-refractivity contribution is -0.173. The molecule has 1 amide bonds. The van der Waals surface area contributed by atoms with Crippen molar-refractivity contribution in [2.24, 2.45) is 4.99 Å². The molecule has 158 valence electrons. The molecule has 0 saturated carbocycles. The van der Waals surface area contributed by atoms with Gasteiger partial charge in [0.2, 0.25) is 0 Å². The van der Waals surface area contributed by atoms with Crippen LogP contribution < -0.4 is 5.32 Å². The maximum absolute atomic E-state index is 12.3. The summed E-state index contributed by atoms with van der Waals surface area (Å²) in [5, 5.41) is 3.12. The molecule has 0 aromatic heterocycles. The van der Waals surface area contributed by atoms with Crippen LogP contribution in [0.2, 0.25) is 0 Å². The van der Waals surface area contributed by atoms with Crippen molar-refractivity contribution in [2.75, 3.05) is 59.6 Å². The first kappa shape index (κ1) is 24.2. The predicted molar refractivity (Wildman–Crippen MR) is 105 cm³/mol. The van der Waals surface area contributed by atoms with Crippen molar-refractivity contribution in [2.45, 2.75) is 31.5 Å². The third kappa shape index (κ3) is 8.38. The molecule has 0 aromatic rings. The van der Waals surface area contributed by atoms with Gasteiger partial charge < -0.3 is 24.6 Å². The van der Waals surface area contributed by atoms with Gasteiger partial charge in [0, 0.05) is 53.0 Å². The summed E-state index contributed by atoms with van der Waals surface area (Å²) in [6.07, 6.45) is -2.41. The normalized spacial score (nSPS) is 21.2. The van der Waals surface area contributed by atoms with Gasteiger partial charge in [0.25, 0.3) is 5.91 Å². The number of carbonyl (C=O) groups is 1. The van der Waals surface area contributed by atoms with E-state index in [9.17, 15) is 18.0 Å². The lowest BCUT2D eigenvalue weighted by atomic mass is 10.2. The molecule has 11 heteroatoms. The Bertz CT molecular complexity index is 480. The maximum Gasteiger partial charge on any atom is 0.411 e. The number of alkyl halides is 3. The van der Waals surface area contributed by atoms with Gasteiger partial charge in [0.15, 0.2) is 5.96 Å². The van der Waals surface area contributed by atoms with Gasteiger partial charge in [-0.1, -0.05) is 0 Å². The number of amides is 1. The Hall–Kier alpha value is -0.820. The summed E-state index contributed by atoms with van der Waals surface area (Å²) in [5.74, 6) is 0.747. The zero-order chi connectivity index (χ0) is 19.0. The standard InChI is InChI=1S/C16H27F3N4O3.HI/c1-20-15(21-5-3-10-25-12-16(17,18)19)23-8-6-22(7-9-23)14(24)13-4-2-11-26-13;/h13H,2-12H2,1H3,(H,20,21);1H. The summed E-state index contributed by atoms with van der Waals surface area (Å²) in [5.41, 5.74) is 0. The smallest absolute Gasteiger partial charge is 0.372 e. The van der Waals surface area contributed by atoms with Gasteiger partial charge in [-0.25, -0.2) is 0 Å². The highest BCUT2D eigenvalue weighted by Gasteiger charge is 2.31. The van der Waals surface area contributed by atoms with Crippen molar-refractivity contribution in [3.63, 3.8) is 0 Å². The third-order valence-corrected chi connectivity index (χ3v) is 4.32. The highest BCUT2D eigenvalue weighted by Crippen LogP contribution is 2.16. The summed E-state index contributed by atoms with van der Waals surface area (Å²) in [4.78, 5) is 20.4. The van der Waals surface area contributed by atoms with Crippen molar-refractivity contribution in [3.05, 3.63) is 0 Å². The van der Waals surface area contributed by atoms with Crippen LogP contribution in [0.15, 0.2) is 4.99 Å². The molecule has 2 aliphatic heterocycles. The largest absolute Gasteiger partial charge is 0.411 e. The van der Waals surface area contributed by atoms with E-state index in [1.165, 1.54) is 0 Å². The number of carbonyl (C=O) groups excluding carboxylic acids is 1. The average molecular weight is 508 g/mol. The van der Waals surface area contributed by atoms with E-state index in [4.69, 9.17) is 4.74 Å². The molecule has 2 fully saturated rings. The van der Waals surface area contributed by atoms with Crippen molar-refractivity contribution in [1.29, 1.82) is 0 Å². The molecule has 2 aliphatic rings. The first-order valence-corrected chi connectivity index (χ1v) is 8.91. The van der Waals surface area contributed by atoms with Crippen molar-refractivity contribution < 1.29 is 27.4 Å². The van der Waals surface area contributed by atoms with Crippen LogP contribution in [0.1, 0.15) is 19.3 Å². The molecule has 2 heterocycles. The second-order valence-electron chi connectivity index (χ2n) is 6.31. The Balaban J connectivity index is 0.00000364. The average Bonchev–Trinajstić information content (AvgIpc) is 3.14. The highest BCUT2D eigenvalue weighted by molar-refractivity contribution is 14.0. The monoisotopic (exact) mass is 508 g/mol. The highest BCUT2D eigenvalue weighted by atomic mass is 127. The quantitative estimate of drug-likeness (QED) is 0.255. The lowest BCUT2D eigenvalue weighted by Gasteiger charge is -2.37. The summed E-state index contributed by atoms with van der Waals surface area (Å²) in [6, 6.07) is 0. The summed E-state index contributed by atoms with van der Waals surface area (Å²) < 4.78 is 45.9. The van der Waals surface area contributed by atoms with E-state index in [1.807, 2.05) is 9.80 Å². The zero-order valence-electron chi connectivity index (χ0n) is 15.5. The third-order valence-electron chi connectivity index (χ3n) is 4.32. The van der Waals surface area contributed by atoms with E-state index in [0.29, 0.717) is 51.7 Å². The first-order valence-electron chi connectivity index (χ1n) is 8.91. The molecule has 0 spiro atoms. The Labute approximate surface area is 174 Å². The number of hydrogen-bond donors (Lipinski definition) is 1. The Morgan fingerprint density at radius 1 is 1.26 bits per heavy atom. The van der Waals surface area contributed by atoms with Gasteiger partial charge in [0.1, 0.15) is 12.7 Å². The fourth-order valence-electron chi connectivity index (χ4n) is 3.01. The van der Waals surface area contributed by atoms with Gasteiger partial charge in [-0.2, -0.15) is 13.2 Å².